The fourth-order valence-electron chi connectivity index (χ4n) is 3.23. The number of aliphatic hydroxyl groups excluding tert-OH is 1. The molecule has 1 aromatic heterocycles. The largest absolute Gasteiger partial charge is 0.440 e. The Kier molecular flexibility index (Phi) is 6.04. The summed E-state index contributed by atoms with van der Waals surface area (Å²) < 4.78 is 11.0. The molecule has 0 saturated heterocycles. The second-order valence-electron chi connectivity index (χ2n) is 6.59. The first-order valence-corrected chi connectivity index (χ1v) is 9.12. The van der Waals surface area contributed by atoms with Crippen LogP contribution in [0.5, 0.6) is 0 Å². The maximum Gasteiger partial charge on any atom is 0.251 e. The molecule has 3 rings (SSSR count). The Morgan fingerprint density at radius 1 is 1.40 bits per heavy atom. The van der Waals surface area contributed by atoms with E-state index >= 15 is 0 Å². The molecule has 1 aromatic carbocycles. The summed E-state index contributed by atoms with van der Waals surface area (Å²) in [7, 11) is 0. The van der Waals surface area contributed by atoms with Crippen molar-refractivity contribution in [1.29, 1.82) is 0 Å². The van der Waals surface area contributed by atoms with Crippen molar-refractivity contribution in [2.45, 2.75) is 51.0 Å². The van der Waals surface area contributed by atoms with Gasteiger partial charge in [-0.15, -0.1) is 0 Å². The molecule has 1 heterocycles. The lowest BCUT2D eigenvalue weighted by Crippen LogP contribution is -2.34. The van der Waals surface area contributed by atoms with Crippen LogP contribution in [0.3, 0.4) is 0 Å². The zero-order valence-corrected chi connectivity index (χ0v) is 14.7. The molecule has 0 radical (unpaired) electrons. The SMILES string of the molecule is CCOC[C@@H](O)CNC(=O)c1ccc2nc(C3CCCCC3)oc2c1. The number of amides is 1. The van der Waals surface area contributed by atoms with Crippen LogP contribution in [0.25, 0.3) is 11.1 Å². The molecule has 136 valence electrons. The first kappa shape index (κ1) is 17.9. The van der Waals surface area contributed by atoms with Crippen molar-refractivity contribution < 1.29 is 19.1 Å². The summed E-state index contributed by atoms with van der Waals surface area (Å²) in [6.07, 6.45) is 5.27. The van der Waals surface area contributed by atoms with Crippen molar-refractivity contribution in [1.82, 2.24) is 10.3 Å². The molecule has 0 bridgehead atoms. The highest BCUT2D eigenvalue weighted by Gasteiger charge is 2.21. The van der Waals surface area contributed by atoms with Crippen molar-refractivity contribution in [3.05, 3.63) is 29.7 Å². The van der Waals surface area contributed by atoms with Gasteiger partial charge in [0, 0.05) is 24.6 Å². The van der Waals surface area contributed by atoms with Gasteiger partial charge < -0.3 is 19.6 Å². The van der Waals surface area contributed by atoms with E-state index in [0.29, 0.717) is 23.7 Å². The normalized spacial score (nSPS) is 16.9. The molecule has 0 unspecified atom stereocenters. The maximum atomic E-state index is 12.2. The van der Waals surface area contributed by atoms with E-state index in [9.17, 15) is 9.90 Å². The van der Waals surface area contributed by atoms with Crippen LogP contribution in [0, 0.1) is 0 Å². The third kappa shape index (κ3) is 4.58. The zero-order chi connectivity index (χ0) is 17.6. The van der Waals surface area contributed by atoms with Gasteiger partial charge in [0.25, 0.3) is 5.91 Å². The van der Waals surface area contributed by atoms with Gasteiger partial charge in [-0.3, -0.25) is 4.79 Å². The van der Waals surface area contributed by atoms with Gasteiger partial charge in [-0.25, -0.2) is 4.98 Å². The highest BCUT2D eigenvalue weighted by atomic mass is 16.5. The Labute approximate surface area is 147 Å². The molecule has 0 aliphatic heterocycles. The number of oxazole rings is 1. The van der Waals surface area contributed by atoms with Crippen LogP contribution < -0.4 is 5.32 Å². The van der Waals surface area contributed by atoms with E-state index in [1.807, 2.05) is 13.0 Å². The second-order valence-corrected chi connectivity index (χ2v) is 6.59. The van der Waals surface area contributed by atoms with Crippen LogP contribution in [-0.4, -0.2) is 41.9 Å². The predicted molar refractivity (Wildman–Crippen MR) is 94.7 cm³/mol. The number of fused-ring (bicyclic) bond motifs is 1. The average molecular weight is 346 g/mol. The Hall–Kier alpha value is -1.92. The van der Waals surface area contributed by atoms with E-state index < -0.39 is 6.10 Å². The molecular weight excluding hydrogens is 320 g/mol. The molecule has 1 atom stereocenters. The van der Waals surface area contributed by atoms with Gasteiger partial charge in [0.05, 0.1) is 12.7 Å². The molecule has 1 fully saturated rings. The maximum absolute atomic E-state index is 12.2. The number of hydrogen-bond acceptors (Lipinski definition) is 5. The van der Waals surface area contributed by atoms with Gasteiger partial charge in [0.1, 0.15) is 5.52 Å². The Bertz CT molecular complexity index is 707. The summed E-state index contributed by atoms with van der Waals surface area (Å²) in [6.45, 7) is 2.76. The molecule has 6 heteroatoms. The van der Waals surface area contributed by atoms with Crippen molar-refractivity contribution in [3.63, 3.8) is 0 Å². The first-order chi connectivity index (χ1) is 12.2. The van der Waals surface area contributed by atoms with E-state index in [2.05, 4.69) is 10.3 Å². The number of nitrogens with one attached hydrogen (secondary N) is 1. The highest BCUT2D eigenvalue weighted by Crippen LogP contribution is 2.33. The first-order valence-electron chi connectivity index (χ1n) is 9.12. The van der Waals surface area contributed by atoms with Crippen LogP contribution in [0.1, 0.15) is 61.2 Å². The molecule has 25 heavy (non-hydrogen) atoms. The van der Waals surface area contributed by atoms with Crippen molar-refractivity contribution >= 4 is 17.0 Å². The monoisotopic (exact) mass is 346 g/mol. The third-order valence-electron chi connectivity index (χ3n) is 4.63. The van der Waals surface area contributed by atoms with E-state index in [4.69, 9.17) is 9.15 Å². The Morgan fingerprint density at radius 3 is 2.96 bits per heavy atom. The van der Waals surface area contributed by atoms with Crippen LogP contribution >= 0.6 is 0 Å². The highest BCUT2D eigenvalue weighted by molar-refractivity contribution is 5.97. The molecular formula is C19H26N2O4. The predicted octanol–water partition coefficient (Wildman–Crippen LogP) is 3.00. The Morgan fingerprint density at radius 2 is 2.20 bits per heavy atom. The van der Waals surface area contributed by atoms with Gasteiger partial charge in [-0.1, -0.05) is 19.3 Å². The van der Waals surface area contributed by atoms with Crippen LogP contribution in [0.2, 0.25) is 0 Å². The summed E-state index contributed by atoms with van der Waals surface area (Å²) in [5.41, 5.74) is 1.93. The van der Waals surface area contributed by atoms with E-state index in [1.54, 1.807) is 12.1 Å². The number of benzene rings is 1. The lowest BCUT2D eigenvalue weighted by atomic mass is 9.89. The fourth-order valence-corrected chi connectivity index (χ4v) is 3.23. The average Bonchev–Trinajstić information content (AvgIpc) is 3.08. The van der Waals surface area contributed by atoms with Crippen LogP contribution in [0.4, 0.5) is 0 Å². The number of aliphatic hydroxyl groups is 1. The fraction of sp³-hybridized carbons (Fsp3) is 0.579. The Balaban J connectivity index is 1.65. The van der Waals surface area contributed by atoms with Gasteiger partial charge >= 0.3 is 0 Å². The molecule has 2 aromatic rings. The van der Waals surface area contributed by atoms with E-state index in [1.165, 1.54) is 19.3 Å². The molecule has 2 N–H and O–H groups in total. The number of ether oxygens (including phenoxy) is 1. The summed E-state index contributed by atoms with van der Waals surface area (Å²) in [6, 6.07) is 5.27. The number of hydrogen-bond donors (Lipinski definition) is 2. The summed E-state index contributed by atoms with van der Waals surface area (Å²) >= 11 is 0. The van der Waals surface area contributed by atoms with Crippen molar-refractivity contribution in [2.24, 2.45) is 0 Å². The third-order valence-corrected chi connectivity index (χ3v) is 4.63. The number of carbonyl (C=O) groups excluding carboxylic acids is 1. The number of carbonyl (C=O) groups is 1. The summed E-state index contributed by atoms with van der Waals surface area (Å²) in [4.78, 5) is 16.8. The molecule has 0 spiro atoms. The number of aromatic nitrogens is 1. The minimum Gasteiger partial charge on any atom is -0.440 e. The number of nitrogens with zero attached hydrogens (tertiary/aromatic N) is 1. The van der Waals surface area contributed by atoms with Gasteiger partial charge in [0.2, 0.25) is 0 Å². The molecule has 1 aliphatic rings. The van der Waals surface area contributed by atoms with Gasteiger partial charge in [0.15, 0.2) is 11.5 Å². The van der Waals surface area contributed by atoms with E-state index in [0.717, 1.165) is 24.2 Å². The van der Waals surface area contributed by atoms with Gasteiger partial charge in [-0.2, -0.15) is 0 Å². The summed E-state index contributed by atoms with van der Waals surface area (Å²) in [5, 5.41) is 12.4. The quantitative estimate of drug-likeness (QED) is 0.805. The van der Waals surface area contributed by atoms with Gasteiger partial charge in [-0.05, 0) is 38.0 Å². The lowest BCUT2D eigenvalue weighted by molar-refractivity contribution is 0.0418. The van der Waals surface area contributed by atoms with E-state index in [-0.39, 0.29) is 19.1 Å². The minimum absolute atomic E-state index is 0.153. The molecule has 1 amide bonds. The zero-order valence-electron chi connectivity index (χ0n) is 14.7. The molecule has 6 nitrogen and oxygen atoms in total. The standard InChI is InChI=1S/C19H26N2O4/c1-2-24-12-15(22)11-20-18(23)14-8-9-16-17(10-14)25-19(21-16)13-6-4-3-5-7-13/h8-10,13,15,22H,2-7,11-12H2,1H3,(H,20,23)/t15-/m0/s1. The minimum atomic E-state index is -0.712. The van der Waals surface area contributed by atoms with Crippen molar-refractivity contribution in [2.75, 3.05) is 19.8 Å². The number of rotatable bonds is 7. The molecule has 1 saturated carbocycles. The lowest BCUT2D eigenvalue weighted by Gasteiger charge is -2.17. The van der Waals surface area contributed by atoms with Crippen LogP contribution in [-0.2, 0) is 4.74 Å². The second kappa shape index (κ2) is 8.45. The smallest absolute Gasteiger partial charge is 0.251 e. The molecule has 1 aliphatic carbocycles. The summed E-state index contributed by atoms with van der Waals surface area (Å²) in [5.74, 6) is 0.944. The van der Waals surface area contributed by atoms with Crippen molar-refractivity contribution in [3.8, 4) is 0 Å². The topological polar surface area (TPSA) is 84.6 Å². The van der Waals surface area contributed by atoms with Crippen LogP contribution in [0.15, 0.2) is 22.6 Å².